The minimum Gasteiger partial charge on any atom is -0.355 e. The van der Waals surface area contributed by atoms with Crippen LogP contribution in [0.3, 0.4) is 0 Å². The van der Waals surface area contributed by atoms with Crippen LogP contribution >= 0.6 is 0 Å². The first-order chi connectivity index (χ1) is 8.87. The van der Waals surface area contributed by atoms with Gasteiger partial charge in [-0.2, -0.15) is 13.2 Å². The van der Waals surface area contributed by atoms with Crippen LogP contribution in [-0.4, -0.2) is 31.7 Å². The summed E-state index contributed by atoms with van der Waals surface area (Å²) in [5.41, 5.74) is 0.712. The number of amides is 1. The third kappa shape index (κ3) is 7.40. The number of benzene rings is 1. The molecule has 0 saturated carbocycles. The van der Waals surface area contributed by atoms with Crippen molar-refractivity contribution in [2.24, 2.45) is 0 Å². The summed E-state index contributed by atoms with van der Waals surface area (Å²) < 4.78 is 48.2. The summed E-state index contributed by atoms with van der Waals surface area (Å²) in [5.74, 6) is -0.892. The van der Waals surface area contributed by atoms with Crippen molar-refractivity contribution in [3.05, 3.63) is 35.6 Å². The van der Waals surface area contributed by atoms with Gasteiger partial charge in [0.05, 0.1) is 13.1 Å². The van der Waals surface area contributed by atoms with Gasteiger partial charge in [0, 0.05) is 6.54 Å². The fourth-order valence-corrected chi connectivity index (χ4v) is 1.42. The number of halogens is 4. The molecule has 3 nitrogen and oxygen atoms in total. The third-order valence-electron chi connectivity index (χ3n) is 2.24. The van der Waals surface area contributed by atoms with Gasteiger partial charge < -0.3 is 10.6 Å². The van der Waals surface area contributed by atoms with Crippen molar-refractivity contribution in [2.75, 3.05) is 19.6 Å². The van der Waals surface area contributed by atoms with Crippen molar-refractivity contribution < 1.29 is 22.4 Å². The molecule has 2 N–H and O–H groups in total. The summed E-state index contributed by atoms with van der Waals surface area (Å²) in [7, 11) is 0. The quantitative estimate of drug-likeness (QED) is 0.777. The van der Waals surface area contributed by atoms with Gasteiger partial charge in [-0.25, -0.2) is 4.39 Å². The minimum atomic E-state index is -4.33. The van der Waals surface area contributed by atoms with Gasteiger partial charge in [0.15, 0.2) is 0 Å². The van der Waals surface area contributed by atoms with Gasteiger partial charge in [-0.3, -0.25) is 4.79 Å². The highest BCUT2D eigenvalue weighted by molar-refractivity contribution is 5.77. The first kappa shape index (κ1) is 15.4. The molecule has 0 spiro atoms. The van der Waals surface area contributed by atoms with Crippen LogP contribution in [0.5, 0.6) is 0 Å². The molecule has 1 aromatic carbocycles. The zero-order chi connectivity index (χ0) is 14.3. The lowest BCUT2D eigenvalue weighted by atomic mass is 10.1. The predicted molar refractivity (Wildman–Crippen MR) is 62.0 cm³/mol. The highest BCUT2D eigenvalue weighted by Gasteiger charge is 2.26. The third-order valence-corrected chi connectivity index (χ3v) is 2.24. The molecule has 1 aromatic rings. The van der Waals surface area contributed by atoms with E-state index in [-0.39, 0.29) is 12.4 Å². The number of carbonyl (C=O) groups is 1. The Kier molecular flexibility index (Phi) is 5.75. The van der Waals surface area contributed by atoms with E-state index in [1.807, 2.05) is 5.32 Å². The lowest BCUT2D eigenvalue weighted by Crippen LogP contribution is -2.38. The zero-order valence-electron chi connectivity index (χ0n) is 10.1. The topological polar surface area (TPSA) is 41.1 Å². The monoisotopic (exact) mass is 278 g/mol. The Bertz CT molecular complexity index is 420. The molecule has 0 aliphatic carbocycles. The van der Waals surface area contributed by atoms with Crippen molar-refractivity contribution in [1.82, 2.24) is 10.6 Å². The average Bonchev–Trinajstić information content (AvgIpc) is 2.27. The molecule has 0 heterocycles. The summed E-state index contributed by atoms with van der Waals surface area (Å²) >= 11 is 0. The summed E-state index contributed by atoms with van der Waals surface area (Å²) in [5, 5.41) is 4.43. The van der Waals surface area contributed by atoms with Crippen LogP contribution in [0.15, 0.2) is 24.3 Å². The lowest BCUT2D eigenvalue weighted by Gasteiger charge is -2.08. The zero-order valence-corrected chi connectivity index (χ0v) is 10.1. The highest BCUT2D eigenvalue weighted by atomic mass is 19.4. The van der Waals surface area contributed by atoms with E-state index in [1.54, 1.807) is 12.1 Å². The van der Waals surface area contributed by atoms with Crippen molar-refractivity contribution in [1.29, 1.82) is 0 Å². The van der Waals surface area contributed by atoms with E-state index in [4.69, 9.17) is 0 Å². The molecule has 0 aliphatic rings. The Morgan fingerprint density at radius 3 is 2.63 bits per heavy atom. The smallest absolute Gasteiger partial charge is 0.355 e. The summed E-state index contributed by atoms with van der Waals surface area (Å²) in [6, 6.07) is 5.91. The van der Waals surface area contributed by atoms with E-state index in [2.05, 4.69) is 5.32 Å². The number of carbonyl (C=O) groups excluding carboxylic acids is 1. The molecule has 0 fully saturated rings. The first-order valence-electron chi connectivity index (χ1n) is 5.65. The van der Waals surface area contributed by atoms with Crippen molar-refractivity contribution >= 4 is 5.91 Å². The maximum Gasteiger partial charge on any atom is 0.401 e. The molecular formula is C12H14F4N2O. The number of nitrogens with one attached hydrogen (secondary N) is 2. The van der Waals surface area contributed by atoms with Crippen molar-refractivity contribution in [3.63, 3.8) is 0 Å². The lowest BCUT2D eigenvalue weighted by molar-refractivity contribution is -0.128. The minimum absolute atomic E-state index is 0.246. The molecule has 7 heteroatoms. The van der Waals surface area contributed by atoms with Crippen LogP contribution < -0.4 is 10.6 Å². The van der Waals surface area contributed by atoms with Gasteiger partial charge in [0.1, 0.15) is 5.82 Å². The predicted octanol–water partition coefficient (Wildman–Crippen LogP) is 1.64. The Balaban J connectivity index is 2.17. The van der Waals surface area contributed by atoms with Gasteiger partial charge in [-0.1, -0.05) is 12.1 Å². The van der Waals surface area contributed by atoms with Crippen LogP contribution in [0.4, 0.5) is 17.6 Å². The maximum atomic E-state index is 12.8. The number of alkyl halides is 3. The van der Waals surface area contributed by atoms with E-state index in [0.717, 1.165) is 0 Å². The molecule has 0 unspecified atom stereocenters. The maximum absolute atomic E-state index is 12.8. The van der Waals surface area contributed by atoms with Crippen LogP contribution in [0.1, 0.15) is 5.56 Å². The standard InChI is InChI=1S/C12H14F4N2O/c13-10-3-1-2-9(6-10)4-5-18-11(19)7-17-8-12(14,15)16/h1-3,6,17H,4-5,7-8H2,(H,18,19). The highest BCUT2D eigenvalue weighted by Crippen LogP contribution is 2.11. The second-order valence-electron chi connectivity index (χ2n) is 3.95. The van der Waals surface area contributed by atoms with Crippen molar-refractivity contribution in [2.45, 2.75) is 12.6 Å². The summed E-state index contributed by atoms with van der Waals surface area (Å²) in [6.07, 6.45) is -3.91. The SMILES string of the molecule is O=C(CNCC(F)(F)F)NCCc1cccc(F)c1. The summed E-state index contributed by atoms with van der Waals surface area (Å²) in [4.78, 5) is 11.2. The molecule has 0 saturated heterocycles. The van der Waals surface area contributed by atoms with E-state index < -0.39 is 25.2 Å². The Labute approximate surface area is 108 Å². The van der Waals surface area contributed by atoms with Crippen molar-refractivity contribution in [3.8, 4) is 0 Å². The van der Waals surface area contributed by atoms with E-state index in [0.29, 0.717) is 12.0 Å². The van der Waals surface area contributed by atoms with Gasteiger partial charge >= 0.3 is 6.18 Å². The van der Waals surface area contributed by atoms with Crippen LogP contribution in [0, 0.1) is 5.82 Å². The molecule has 1 amide bonds. The van der Waals surface area contributed by atoms with Crippen LogP contribution in [-0.2, 0) is 11.2 Å². The molecule has 0 atom stereocenters. The first-order valence-corrected chi connectivity index (χ1v) is 5.65. The number of rotatable bonds is 6. The van der Waals surface area contributed by atoms with E-state index in [1.165, 1.54) is 12.1 Å². The largest absolute Gasteiger partial charge is 0.401 e. The van der Waals surface area contributed by atoms with E-state index >= 15 is 0 Å². The van der Waals surface area contributed by atoms with Gasteiger partial charge in [0.2, 0.25) is 5.91 Å². The van der Waals surface area contributed by atoms with Crippen LogP contribution in [0.2, 0.25) is 0 Å². The molecule has 0 bridgehead atoms. The van der Waals surface area contributed by atoms with Gasteiger partial charge in [0.25, 0.3) is 0 Å². The molecule has 0 radical (unpaired) electrons. The van der Waals surface area contributed by atoms with Crippen LogP contribution in [0.25, 0.3) is 0 Å². The van der Waals surface area contributed by atoms with Gasteiger partial charge in [-0.05, 0) is 24.1 Å². The normalized spacial score (nSPS) is 11.4. The Morgan fingerprint density at radius 2 is 2.00 bits per heavy atom. The Hall–Kier alpha value is -1.63. The Morgan fingerprint density at radius 1 is 1.26 bits per heavy atom. The molecular weight excluding hydrogens is 264 g/mol. The second kappa shape index (κ2) is 7.08. The fourth-order valence-electron chi connectivity index (χ4n) is 1.42. The molecule has 19 heavy (non-hydrogen) atoms. The number of hydrogen-bond donors (Lipinski definition) is 2. The molecule has 1 rings (SSSR count). The summed E-state index contributed by atoms with van der Waals surface area (Å²) in [6.45, 7) is -1.36. The number of hydrogen-bond acceptors (Lipinski definition) is 2. The average molecular weight is 278 g/mol. The fraction of sp³-hybridized carbons (Fsp3) is 0.417. The molecule has 0 aromatic heterocycles. The second-order valence-corrected chi connectivity index (χ2v) is 3.95. The van der Waals surface area contributed by atoms with Gasteiger partial charge in [-0.15, -0.1) is 0 Å². The van der Waals surface area contributed by atoms with E-state index in [9.17, 15) is 22.4 Å². The molecule has 106 valence electrons. The molecule has 0 aliphatic heterocycles.